The van der Waals surface area contributed by atoms with E-state index >= 15 is 0 Å². The average molecular weight is 1200 g/mol. The fourth-order valence-corrected chi connectivity index (χ4v) is 11.7. The van der Waals surface area contributed by atoms with E-state index in [0.717, 1.165) is 30.2 Å². The van der Waals surface area contributed by atoms with Crippen molar-refractivity contribution >= 4 is 80.7 Å². The van der Waals surface area contributed by atoms with E-state index in [1.807, 2.05) is 19.1 Å². The quantitative estimate of drug-likeness (QED) is 0.00432. The Morgan fingerprint density at radius 2 is 1.77 bits per heavy atom. The molecule has 35 heteroatoms. The Morgan fingerprint density at radius 3 is 2.52 bits per heavy atom. The summed E-state index contributed by atoms with van der Waals surface area (Å²) in [4.78, 5) is 115. The number of ether oxygens (including phenoxy) is 4. The van der Waals surface area contributed by atoms with Gasteiger partial charge in [-0.2, -0.15) is 8.62 Å². The number of fused-ring (bicyclic) bond motifs is 1. The Bertz CT molecular complexity index is 3400. The zero-order valence-corrected chi connectivity index (χ0v) is 46.1. The first kappa shape index (κ1) is 63.4. The number of Topliss-reactive ketones (excluding diaryl/α,β-unsaturated/α-hetero) is 2. The SMILES string of the molecule is Cc1ccc2cc(-c3nc(CC(=O)CCCCCCCC(=O)c4cccc(OCC(N=[N+]=[N-])OCC(=O)NCC#CC5=NC(C6CC(OCN=[N+]=[N-])C(COP(=O)(O)OP(=O)(O)OP(=O)(O)O)O6)C(=O)NC5=N)c4)cs3)c(=O)oc2c1. The van der Waals surface area contributed by atoms with E-state index in [4.69, 9.17) is 49.6 Å². The van der Waals surface area contributed by atoms with E-state index in [0.29, 0.717) is 46.7 Å². The van der Waals surface area contributed by atoms with Gasteiger partial charge >= 0.3 is 29.1 Å². The van der Waals surface area contributed by atoms with Crippen molar-refractivity contribution in [2.24, 2.45) is 15.2 Å². The maximum Gasteiger partial charge on any atom is 0.490 e. The molecule has 4 heterocycles. The number of phosphoric ester groups is 1. The van der Waals surface area contributed by atoms with Gasteiger partial charge in [-0.25, -0.2) is 23.5 Å². The molecular weight excluding hydrogens is 1150 g/mol. The van der Waals surface area contributed by atoms with Crippen LogP contribution in [-0.2, 0) is 61.9 Å². The topological polar surface area (TPSA) is 466 Å². The Balaban J connectivity index is 0.885. The van der Waals surface area contributed by atoms with E-state index in [9.17, 15) is 47.5 Å². The molecule has 1 fully saturated rings. The summed E-state index contributed by atoms with van der Waals surface area (Å²) < 4.78 is 74.8. The van der Waals surface area contributed by atoms with Gasteiger partial charge in [-0.1, -0.05) is 59.7 Å². The van der Waals surface area contributed by atoms with Crippen LogP contribution in [0.25, 0.3) is 42.4 Å². The molecule has 432 valence electrons. The second-order valence-corrected chi connectivity index (χ2v) is 22.9. The number of thiazole rings is 1. The summed E-state index contributed by atoms with van der Waals surface area (Å²) >= 11 is 1.29. The van der Waals surface area contributed by atoms with Gasteiger partial charge in [0.1, 0.15) is 48.2 Å². The maximum atomic E-state index is 13.0. The number of ketones is 2. The van der Waals surface area contributed by atoms with Crippen LogP contribution in [0.4, 0.5) is 0 Å². The molecule has 31 nitrogen and oxygen atoms in total. The van der Waals surface area contributed by atoms with Gasteiger partial charge in [0.05, 0.1) is 36.6 Å². The van der Waals surface area contributed by atoms with Gasteiger partial charge in [0.2, 0.25) is 5.91 Å². The standard InChI is InChI=1S/C46H52N11O20P3S/c1-27-14-15-29-19-33(46(62)75-36(29)17-27)45-52-30(25-81-45)20-31(58)10-5-3-2-4-6-13-35(59)28-9-7-11-32(18-28)70-24-41(55-57-49)71-23-40(60)50-16-8-12-34-43(47)54-44(61)42(53-34)38-21-37(72-26-51-56-48)39(74-38)22-73-79(66,67)77-80(68,69)76-78(63,64)65/h7,9,11,14-15,17-19,25,37-39,41-42H,2-6,10,13,16,20-24,26H2,1H3,(H,50,60)(H,66,67)(H,68,69)(H2,47,54,61)(H2,63,64,65). The number of hydrogen-bond donors (Lipinski definition) is 7. The normalized spacial score (nSPS) is 18.9. The highest BCUT2D eigenvalue weighted by Crippen LogP contribution is 2.66. The van der Waals surface area contributed by atoms with Crippen LogP contribution in [0.5, 0.6) is 5.75 Å². The summed E-state index contributed by atoms with van der Waals surface area (Å²) in [5.74, 6) is 3.20. The number of benzene rings is 2. The van der Waals surface area contributed by atoms with Gasteiger partial charge in [-0.05, 0) is 66.6 Å². The van der Waals surface area contributed by atoms with Crippen molar-refractivity contribution in [2.75, 3.05) is 33.1 Å². The second-order valence-electron chi connectivity index (χ2n) is 17.6. The lowest BCUT2D eigenvalue weighted by Crippen LogP contribution is -2.50. The molecule has 0 radical (unpaired) electrons. The smallest absolute Gasteiger partial charge is 0.490 e. The minimum Gasteiger partial charge on any atom is -0.491 e. The molecule has 0 aliphatic carbocycles. The number of rotatable bonds is 31. The first-order valence-electron chi connectivity index (χ1n) is 24.2. The molecule has 2 aromatic carbocycles. The van der Waals surface area contributed by atoms with Gasteiger partial charge in [0, 0.05) is 51.8 Å². The number of aryl methyl sites for hydroxylation is 1. The summed E-state index contributed by atoms with van der Waals surface area (Å²) in [6.45, 7) is -0.947. The molecule has 0 bridgehead atoms. The highest BCUT2D eigenvalue weighted by molar-refractivity contribution is 7.66. The van der Waals surface area contributed by atoms with Crippen LogP contribution in [0.3, 0.4) is 0 Å². The molecule has 2 aliphatic rings. The number of amidine groups is 1. The van der Waals surface area contributed by atoms with Crippen LogP contribution in [0.2, 0.25) is 0 Å². The van der Waals surface area contributed by atoms with Crippen LogP contribution in [0.1, 0.15) is 73.0 Å². The monoisotopic (exact) mass is 1200 g/mol. The molecule has 0 saturated carbocycles. The van der Waals surface area contributed by atoms with Crippen molar-refractivity contribution in [1.29, 1.82) is 5.41 Å². The molecule has 2 aromatic heterocycles. The highest BCUT2D eigenvalue weighted by atomic mass is 32.1. The second kappa shape index (κ2) is 29.8. The molecule has 7 unspecified atom stereocenters. The molecule has 4 aromatic rings. The summed E-state index contributed by atoms with van der Waals surface area (Å²) in [7, 11) is -17.1. The third kappa shape index (κ3) is 20.6. The number of nitrogens with one attached hydrogen (secondary N) is 3. The van der Waals surface area contributed by atoms with Crippen molar-refractivity contribution < 1.29 is 89.0 Å². The van der Waals surface area contributed by atoms with Crippen LogP contribution in [-0.4, -0.2) is 123 Å². The number of nitrogens with zero attached hydrogens (tertiary/aromatic N) is 8. The largest absolute Gasteiger partial charge is 0.491 e. The minimum atomic E-state index is -5.85. The van der Waals surface area contributed by atoms with Crippen molar-refractivity contribution in [3.63, 3.8) is 0 Å². The van der Waals surface area contributed by atoms with Gasteiger partial charge in [0.15, 0.2) is 29.6 Å². The van der Waals surface area contributed by atoms with Gasteiger partial charge in [-0.15, -0.1) is 11.3 Å². The first-order chi connectivity index (χ1) is 38.5. The number of aliphatic imine (C=N–C) groups is 1. The number of aromatic nitrogens is 1. The number of amides is 2. The zero-order valence-electron chi connectivity index (χ0n) is 42.6. The summed E-state index contributed by atoms with van der Waals surface area (Å²) in [6.07, 6.45) is -0.737. The first-order valence-corrected chi connectivity index (χ1v) is 29.6. The van der Waals surface area contributed by atoms with Crippen LogP contribution < -0.4 is 21.0 Å². The molecule has 6 rings (SSSR count). The van der Waals surface area contributed by atoms with Crippen molar-refractivity contribution in [3.05, 3.63) is 102 Å². The molecule has 2 aliphatic heterocycles. The zero-order chi connectivity index (χ0) is 58.7. The number of hydrogen-bond acceptors (Lipinski definition) is 22. The maximum absolute atomic E-state index is 13.0. The lowest BCUT2D eigenvalue weighted by atomic mass is 10.0. The number of carbonyl (C=O) groups excluding carboxylic acids is 4. The Labute approximate surface area is 462 Å². The van der Waals surface area contributed by atoms with E-state index in [-0.39, 0.29) is 55.4 Å². The van der Waals surface area contributed by atoms with Gasteiger partial charge in [0.25, 0.3) is 5.91 Å². The van der Waals surface area contributed by atoms with E-state index in [1.165, 1.54) is 17.4 Å². The molecule has 81 heavy (non-hydrogen) atoms. The fraction of sp³-hybridized carbons (Fsp3) is 0.435. The van der Waals surface area contributed by atoms with Crippen LogP contribution in [0, 0.1) is 24.2 Å². The van der Waals surface area contributed by atoms with E-state index in [1.54, 1.807) is 35.7 Å². The molecule has 7 atom stereocenters. The molecular formula is C46H52N11O20P3S. The predicted molar refractivity (Wildman–Crippen MR) is 284 cm³/mol. The molecule has 7 N–H and O–H groups in total. The van der Waals surface area contributed by atoms with Gasteiger partial charge < -0.3 is 53.6 Å². The average Bonchev–Trinajstić information content (AvgIpc) is 4.17. The number of unbranched alkanes of at least 4 members (excludes halogenated alkanes) is 4. The van der Waals surface area contributed by atoms with Crippen LogP contribution >= 0.6 is 34.8 Å². The van der Waals surface area contributed by atoms with Crippen LogP contribution in [0.15, 0.2) is 78.3 Å². The lowest BCUT2D eigenvalue weighted by molar-refractivity contribution is -0.128. The summed E-state index contributed by atoms with van der Waals surface area (Å²) in [5.41, 5.74) is 19.8. The Morgan fingerprint density at radius 1 is 1.00 bits per heavy atom. The van der Waals surface area contributed by atoms with Gasteiger partial charge in [-0.3, -0.25) is 34.1 Å². The molecule has 0 spiro atoms. The number of phosphoric acid groups is 3. The number of carbonyl (C=O) groups is 4. The highest BCUT2D eigenvalue weighted by Gasteiger charge is 2.46. The number of azide groups is 2. The van der Waals surface area contributed by atoms with Crippen molar-refractivity contribution in [2.45, 2.75) is 95.3 Å². The third-order valence-electron chi connectivity index (χ3n) is 11.5. The van der Waals surface area contributed by atoms with E-state index in [2.05, 4.69) is 65.6 Å². The fourth-order valence-electron chi connectivity index (χ4n) is 7.81. The Kier molecular flexibility index (Phi) is 23.3. The summed E-state index contributed by atoms with van der Waals surface area (Å²) in [5, 5.41) is 22.6. The molecule has 1 saturated heterocycles. The minimum absolute atomic E-state index is 0.0417. The molecule has 2 amide bonds. The lowest BCUT2D eigenvalue weighted by Gasteiger charge is -2.24. The van der Waals surface area contributed by atoms with Crippen molar-refractivity contribution in [3.8, 4) is 28.2 Å². The predicted octanol–water partition coefficient (Wildman–Crippen LogP) is 6.17. The summed E-state index contributed by atoms with van der Waals surface area (Å²) in [6, 6.07) is 12.3. The third-order valence-corrected chi connectivity index (χ3v) is 16.2. The van der Waals surface area contributed by atoms with Crippen molar-refractivity contribution in [1.82, 2.24) is 15.6 Å². The van der Waals surface area contributed by atoms with E-state index < -0.39 is 97.3 Å². The Hall–Kier alpha value is -6.83.